The Hall–Kier alpha value is -2.81. The van der Waals surface area contributed by atoms with Gasteiger partial charge in [0.25, 0.3) is 0 Å². The summed E-state index contributed by atoms with van der Waals surface area (Å²) in [5.41, 5.74) is 0.329. The molecule has 0 spiro atoms. The van der Waals surface area contributed by atoms with Gasteiger partial charge in [-0.05, 0) is 52.0 Å². The van der Waals surface area contributed by atoms with Crippen LogP contribution < -0.4 is 10.6 Å². The molecular weight excluding hydrogens is 438 g/mol. The number of rotatable bonds is 7. The van der Waals surface area contributed by atoms with Crippen molar-refractivity contribution in [2.45, 2.75) is 76.8 Å². The topological polar surface area (TPSA) is 106 Å². The first-order valence-corrected chi connectivity index (χ1v) is 11.9. The Bertz CT molecular complexity index is 841. The molecule has 188 valence electrons. The summed E-state index contributed by atoms with van der Waals surface area (Å²) >= 11 is 0. The number of amides is 3. The van der Waals surface area contributed by atoms with Crippen molar-refractivity contribution < 1.29 is 28.6 Å². The third kappa shape index (κ3) is 7.35. The highest BCUT2D eigenvalue weighted by molar-refractivity contribution is 5.87. The minimum atomic E-state index is -0.595. The molecule has 0 aromatic heterocycles. The van der Waals surface area contributed by atoms with Crippen molar-refractivity contribution in [3.05, 3.63) is 35.9 Å². The van der Waals surface area contributed by atoms with E-state index in [1.807, 2.05) is 56.0 Å². The van der Waals surface area contributed by atoms with E-state index in [1.54, 1.807) is 7.11 Å². The van der Waals surface area contributed by atoms with Gasteiger partial charge in [-0.2, -0.15) is 0 Å². The minimum absolute atomic E-state index is 0.00345. The smallest absolute Gasteiger partial charge is 0.408 e. The van der Waals surface area contributed by atoms with Crippen molar-refractivity contribution >= 4 is 18.1 Å². The standard InChI is InChI=1S/C25H37N3O6/c1-25(2,3)34-24(31)26-19-10-11-21(18(14-19)16-32-4)28-13-12-20(22(28)29)27-23(30)33-15-17-8-6-5-7-9-17/h5-9,18-21H,10-16H2,1-4H3,(H,26,31)(H,27,30)/t18-,19+,20-,21-/m0/s1. The quantitative estimate of drug-likeness (QED) is 0.627. The number of nitrogens with zero attached hydrogens (tertiary/aromatic N) is 1. The third-order valence-corrected chi connectivity index (χ3v) is 6.19. The molecule has 1 heterocycles. The summed E-state index contributed by atoms with van der Waals surface area (Å²) in [7, 11) is 1.64. The number of hydrogen-bond acceptors (Lipinski definition) is 6. The van der Waals surface area contributed by atoms with Gasteiger partial charge in [0.2, 0.25) is 5.91 Å². The SMILES string of the molecule is COC[C@@H]1C[C@H](NC(=O)OC(C)(C)C)CC[C@@H]1N1CC[C@H](NC(=O)OCc2ccccc2)C1=O. The van der Waals surface area contributed by atoms with Crippen LogP contribution in [0.25, 0.3) is 0 Å². The largest absolute Gasteiger partial charge is 0.445 e. The lowest BCUT2D eigenvalue weighted by Crippen LogP contribution is -2.52. The molecule has 1 aromatic carbocycles. The van der Waals surface area contributed by atoms with Gasteiger partial charge in [-0.25, -0.2) is 9.59 Å². The number of benzene rings is 1. The van der Waals surface area contributed by atoms with Gasteiger partial charge >= 0.3 is 12.2 Å². The van der Waals surface area contributed by atoms with Crippen LogP contribution in [-0.4, -0.2) is 67.0 Å². The first-order valence-electron chi connectivity index (χ1n) is 11.9. The average Bonchev–Trinajstić information content (AvgIpc) is 3.12. The van der Waals surface area contributed by atoms with Crippen LogP contribution in [0.5, 0.6) is 0 Å². The van der Waals surface area contributed by atoms with E-state index < -0.39 is 23.8 Å². The van der Waals surface area contributed by atoms with Crippen LogP contribution in [0, 0.1) is 5.92 Å². The maximum atomic E-state index is 13.1. The minimum Gasteiger partial charge on any atom is -0.445 e. The number of hydrogen-bond donors (Lipinski definition) is 2. The van der Waals surface area contributed by atoms with Crippen LogP contribution in [0.2, 0.25) is 0 Å². The molecule has 1 saturated carbocycles. The number of likely N-dealkylation sites (tertiary alicyclic amines) is 1. The van der Waals surface area contributed by atoms with E-state index in [4.69, 9.17) is 14.2 Å². The summed E-state index contributed by atoms with van der Waals surface area (Å²) in [5, 5.41) is 5.67. The monoisotopic (exact) mass is 475 g/mol. The predicted molar refractivity (Wildman–Crippen MR) is 126 cm³/mol. The van der Waals surface area contributed by atoms with E-state index in [0.29, 0.717) is 26.0 Å². The molecule has 4 atom stereocenters. The first kappa shape index (κ1) is 25.8. The number of alkyl carbamates (subject to hydrolysis) is 2. The van der Waals surface area contributed by atoms with Crippen molar-refractivity contribution in [2.75, 3.05) is 20.3 Å². The number of carbonyl (C=O) groups excluding carboxylic acids is 3. The highest BCUT2D eigenvalue weighted by Gasteiger charge is 2.42. The fourth-order valence-electron chi connectivity index (χ4n) is 4.73. The van der Waals surface area contributed by atoms with Gasteiger partial charge < -0.3 is 29.7 Å². The zero-order chi connectivity index (χ0) is 24.7. The summed E-state index contributed by atoms with van der Waals surface area (Å²) in [6, 6.07) is 8.77. The van der Waals surface area contributed by atoms with Crippen LogP contribution in [0.15, 0.2) is 30.3 Å². The molecule has 9 heteroatoms. The summed E-state index contributed by atoms with van der Waals surface area (Å²) in [4.78, 5) is 39.4. The van der Waals surface area contributed by atoms with Crippen molar-refractivity contribution in [1.29, 1.82) is 0 Å². The van der Waals surface area contributed by atoms with Gasteiger partial charge in [-0.3, -0.25) is 4.79 Å². The lowest BCUT2D eigenvalue weighted by molar-refractivity contribution is -0.133. The third-order valence-electron chi connectivity index (χ3n) is 6.19. The molecule has 1 aliphatic carbocycles. The Morgan fingerprint density at radius 3 is 2.47 bits per heavy atom. The molecule has 2 fully saturated rings. The molecule has 2 aliphatic rings. The molecular formula is C25H37N3O6. The summed E-state index contributed by atoms with van der Waals surface area (Å²) in [6.45, 7) is 6.70. The number of methoxy groups -OCH3 is 1. The van der Waals surface area contributed by atoms with Crippen LogP contribution in [-0.2, 0) is 25.6 Å². The molecule has 1 aromatic rings. The lowest BCUT2D eigenvalue weighted by atomic mass is 9.81. The van der Waals surface area contributed by atoms with Gasteiger partial charge in [-0.1, -0.05) is 30.3 Å². The summed E-state index contributed by atoms with van der Waals surface area (Å²) in [6.07, 6.45) is 1.69. The Morgan fingerprint density at radius 2 is 1.79 bits per heavy atom. The van der Waals surface area contributed by atoms with Gasteiger partial charge in [0.05, 0.1) is 6.61 Å². The Balaban J connectivity index is 1.52. The van der Waals surface area contributed by atoms with Gasteiger partial charge in [0.1, 0.15) is 18.2 Å². The molecule has 3 amide bonds. The number of carbonyl (C=O) groups is 3. The van der Waals surface area contributed by atoms with Crippen molar-refractivity contribution in [2.24, 2.45) is 5.92 Å². The van der Waals surface area contributed by atoms with Gasteiger partial charge in [-0.15, -0.1) is 0 Å². The normalized spacial score (nSPS) is 25.1. The summed E-state index contributed by atoms with van der Waals surface area (Å²) in [5.74, 6) is -0.0206. The van der Waals surface area contributed by atoms with Crippen molar-refractivity contribution in [3.63, 3.8) is 0 Å². The Morgan fingerprint density at radius 1 is 1.06 bits per heavy atom. The maximum absolute atomic E-state index is 13.1. The molecule has 0 radical (unpaired) electrons. The number of nitrogens with one attached hydrogen (secondary N) is 2. The lowest BCUT2D eigenvalue weighted by Gasteiger charge is -2.41. The van der Waals surface area contributed by atoms with E-state index in [-0.39, 0.29) is 30.5 Å². The fraction of sp³-hybridized carbons (Fsp3) is 0.640. The van der Waals surface area contributed by atoms with Gasteiger partial charge in [0, 0.05) is 31.7 Å². The van der Waals surface area contributed by atoms with Crippen LogP contribution >= 0.6 is 0 Å². The summed E-state index contributed by atoms with van der Waals surface area (Å²) < 4.78 is 16.1. The van der Waals surface area contributed by atoms with Crippen LogP contribution in [0.3, 0.4) is 0 Å². The van der Waals surface area contributed by atoms with Crippen molar-refractivity contribution in [3.8, 4) is 0 Å². The average molecular weight is 476 g/mol. The second-order valence-corrected chi connectivity index (χ2v) is 10.0. The van der Waals surface area contributed by atoms with E-state index in [9.17, 15) is 14.4 Å². The molecule has 2 N–H and O–H groups in total. The van der Waals surface area contributed by atoms with Crippen LogP contribution in [0.1, 0.15) is 52.0 Å². The molecule has 0 bridgehead atoms. The predicted octanol–water partition coefficient (Wildman–Crippen LogP) is 3.22. The molecule has 34 heavy (non-hydrogen) atoms. The molecule has 0 unspecified atom stereocenters. The first-order chi connectivity index (χ1) is 16.2. The van der Waals surface area contributed by atoms with E-state index in [0.717, 1.165) is 18.4 Å². The second-order valence-electron chi connectivity index (χ2n) is 10.0. The fourth-order valence-corrected chi connectivity index (χ4v) is 4.73. The molecule has 9 nitrogen and oxygen atoms in total. The zero-order valence-corrected chi connectivity index (χ0v) is 20.5. The second kappa shape index (κ2) is 11.6. The Labute approximate surface area is 201 Å². The highest BCUT2D eigenvalue weighted by Crippen LogP contribution is 2.32. The van der Waals surface area contributed by atoms with Gasteiger partial charge in [0.15, 0.2) is 0 Å². The van der Waals surface area contributed by atoms with E-state index >= 15 is 0 Å². The molecule has 3 rings (SSSR count). The van der Waals surface area contributed by atoms with Crippen molar-refractivity contribution in [1.82, 2.24) is 15.5 Å². The Kier molecular flexibility index (Phi) is 8.77. The highest BCUT2D eigenvalue weighted by atomic mass is 16.6. The van der Waals surface area contributed by atoms with E-state index in [2.05, 4.69) is 10.6 Å². The van der Waals surface area contributed by atoms with Crippen LogP contribution in [0.4, 0.5) is 9.59 Å². The molecule has 1 aliphatic heterocycles. The van der Waals surface area contributed by atoms with E-state index in [1.165, 1.54) is 0 Å². The zero-order valence-electron chi connectivity index (χ0n) is 20.5. The molecule has 1 saturated heterocycles. The maximum Gasteiger partial charge on any atom is 0.408 e. The number of ether oxygens (including phenoxy) is 3.